The van der Waals surface area contributed by atoms with Gasteiger partial charge in [-0.05, 0) is 19.9 Å². The Labute approximate surface area is 124 Å². The summed E-state index contributed by atoms with van der Waals surface area (Å²) in [6, 6.07) is 3.31. The maximum Gasteiger partial charge on any atom is 0.256 e. The maximum absolute atomic E-state index is 12.7. The quantitative estimate of drug-likeness (QED) is 0.856. The van der Waals surface area contributed by atoms with Gasteiger partial charge < -0.3 is 24.8 Å². The molecule has 0 spiro atoms. The van der Waals surface area contributed by atoms with E-state index in [4.69, 9.17) is 19.9 Å². The van der Waals surface area contributed by atoms with Gasteiger partial charge in [-0.15, -0.1) is 0 Å². The van der Waals surface area contributed by atoms with Crippen molar-refractivity contribution in [1.82, 2.24) is 4.90 Å². The number of anilines is 1. The Kier molecular flexibility index (Phi) is 4.57. The molecule has 1 aromatic carbocycles. The average Bonchev–Trinajstić information content (AvgIpc) is 2.45. The summed E-state index contributed by atoms with van der Waals surface area (Å²) in [7, 11) is 3.05. The van der Waals surface area contributed by atoms with E-state index in [1.54, 1.807) is 17.0 Å². The lowest BCUT2D eigenvalue weighted by atomic mass is 10.1. The van der Waals surface area contributed by atoms with Crippen LogP contribution in [0.5, 0.6) is 11.5 Å². The first-order valence-electron chi connectivity index (χ1n) is 6.92. The van der Waals surface area contributed by atoms with E-state index in [0.717, 1.165) is 0 Å². The Morgan fingerprint density at radius 3 is 2.38 bits per heavy atom. The summed E-state index contributed by atoms with van der Waals surface area (Å²) in [5.74, 6) is 0.845. The number of rotatable bonds is 3. The number of nitrogens with two attached hydrogens (primary N) is 1. The van der Waals surface area contributed by atoms with Crippen molar-refractivity contribution in [2.45, 2.75) is 26.1 Å². The highest BCUT2D eigenvalue weighted by molar-refractivity contribution is 6.01. The number of nitrogen functional groups attached to an aromatic ring is 1. The van der Waals surface area contributed by atoms with E-state index in [1.807, 2.05) is 13.8 Å². The van der Waals surface area contributed by atoms with Crippen molar-refractivity contribution in [3.05, 3.63) is 17.7 Å². The van der Waals surface area contributed by atoms with Crippen LogP contribution in [0.2, 0.25) is 0 Å². The lowest BCUT2D eigenvalue weighted by Gasteiger charge is -2.35. The first kappa shape index (κ1) is 15.4. The molecule has 1 aliphatic rings. The van der Waals surface area contributed by atoms with Gasteiger partial charge in [0.1, 0.15) is 11.5 Å². The molecule has 0 aromatic heterocycles. The van der Waals surface area contributed by atoms with E-state index in [9.17, 15) is 4.79 Å². The van der Waals surface area contributed by atoms with Crippen LogP contribution in [0.3, 0.4) is 0 Å². The molecule has 6 heteroatoms. The second kappa shape index (κ2) is 6.22. The molecule has 1 saturated heterocycles. The summed E-state index contributed by atoms with van der Waals surface area (Å²) in [6.45, 7) is 4.99. The van der Waals surface area contributed by atoms with Crippen molar-refractivity contribution in [1.29, 1.82) is 0 Å². The number of hydrogen-bond acceptors (Lipinski definition) is 5. The van der Waals surface area contributed by atoms with Crippen molar-refractivity contribution in [3.63, 3.8) is 0 Å². The number of benzene rings is 1. The van der Waals surface area contributed by atoms with Crippen LogP contribution in [0.4, 0.5) is 5.69 Å². The van der Waals surface area contributed by atoms with Gasteiger partial charge >= 0.3 is 0 Å². The molecule has 2 atom stereocenters. The monoisotopic (exact) mass is 294 g/mol. The number of nitrogens with zero attached hydrogens (tertiary/aromatic N) is 1. The molecule has 2 unspecified atom stereocenters. The first-order valence-corrected chi connectivity index (χ1v) is 6.92. The van der Waals surface area contributed by atoms with E-state index >= 15 is 0 Å². The zero-order chi connectivity index (χ0) is 15.6. The topological polar surface area (TPSA) is 74.0 Å². The third kappa shape index (κ3) is 3.21. The van der Waals surface area contributed by atoms with E-state index < -0.39 is 0 Å². The Morgan fingerprint density at radius 2 is 1.86 bits per heavy atom. The molecule has 2 N–H and O–H groups in total. The van der Waals surface area contributed by atoms with Gasteiger partial charge in [-0.1, -0.05) is 0 Å². The lowest BCUT2D eigenvalue weighted by Crippen LogP contribution is -2.48. The lowest BCUT2D eigenvalue weighted by molar-refractivity contribution is -0.0586. The highest BCUT2D eigenvalue weighted by atomic mass is 16.5. The fourth-order valence-electron chi connectivity index (χ4n) is 2.58. The van der Waals surface area contributed by atoms with Crippen LogP contribution in [0.25, 0.3) is 0 Å². The fourth-order valence-corrected chi connectivity index (χ4v) is 2.58. The predicted octanol–water partition coefficient (Wildman–Crippen LogP) is 1.54. The molecular formula is C15H22N2O4. The molecule has 0 saturated carbocycles. The minimum Gasteiger partial charge on any atom is -0.497 e. The molecular weight excluding hydrogens is 272 g/mol. The van der Waals surface area contributed by atoms with Crippen LogP contribution in [-0.2, 0) is 4.74 Å². The summed E-state index contributed by atoms with van der Waals surface area (Å²) in [6.07, 6.45) is 0.0119. The summed E-state index contributed by atoms with van der Waals surface area (Å²) in [5.41, 5.74) is 6.76. The zero-order valence-electron chi connectivity index (χ0n) is 12.9. The van der Waals surface area contributed by atoms with E-state index in [1.165, 1.54) is 14.2 Å². The number of hydrogen-bond donors (Lipinski definition) is 1. The van der Waals surface area contributed by atoms with Gasteiger partial charge in [0.2, 0.25) is 0 Å². The number of carbonyl (C=O) groups is 1. The average molecular weight is 294 g/mol. The number of methoxy groups -OCH3 is 2. The van der Waals surface area contributed by atoms with Gasteiger partial charge in [-0.2, -0.15) is 0 Å². The molecule has 1 aromatic rings. The Hall–Kier alpha value is -1.95. The molecule has 2 rings (SSSR count). The molecule has 21 heavy (non-hydrogen) atoms. The largest absolute Gasteiger partial charge is 0.497 e. The number of amides is 1. The summed E-state index contributed by atoms with van der Waals surface area (Å²) < 4.78 is 16.1. The molecule has 0 aliphatic carbocycles. The minimum atomic E-state index is -0.133. The van der Waals surface area contributed by atoms with Gasteiger partial charge in [0.05, 0.1) is 37.7 Å². The number of ether oxygens (including phenoxy) is 3. The minimum absolute atomic E-state index is 0.00595. The SMILES string of the molecule is COc1cc(OC)c(N)c(C(=O)N2CC(C)OC(C)C2)c1. The molecule has 1 fully saturated rings. The van der Waals surface area contributed by atoms with E-state index in [0.29, 0.717) is 35.8 Å². The second-order valence-corrected chi connectivity index (χ2v) is 5.26. The van der Waals surface area contributed by atoms with E-state index in [-0.39, 0.29) is 18.1 Å². The van der Waals surface area contributed by atoms with Crippen LogP contribution in [0, 0.1) is 0 Å². The Balaban J connectivity index is 2.34. The first-order chi connectivity index (χ1) is 9.96. The smallest absolute Gasteiger partial charge is 0.256 e. The molecule has 1 aliphatic heterocycles. The summed E-state index contributed by atoms with van der Waals surface area (Å²) in [4.78, 5) is 14.5. The summed E-state index contributed by atoms with van der Waals surface area (Å²) in [5, 5.41) is 0. The van der Waals surface area contributed by atoms with Crippen molar-refractivity contribution >= 4 is 11.6 Å². The third-order valence-corrected chi connectivity index (χ3v) is 3.51. The van der Waals surface area contributed by atoms with E-state index in [2.05, 4.69) is 0 Å². The van der Waals surface area contributed by atoms with Crippen molar-refractivity contribution in [2.24, 2.45) is 0 Å². The number of carbonyl (C=O) groups excluding carboxylic acids is 1. The maximum atomic E-state index is 12.7. The van der Waals surface area contributed by atoms with Gasteiger partial charge in [0, 0.05) is 19.2 Å². The zero-order valence-corrected chi connectivity index (χ0v) is 12.9. The summed E-state index contributed by atoms with van der Waals surface area (Å²) >= 11 is 0. The molecule has 116 valence electrons. The van der Waals surface area contributed by atoms with Crippen molar-refractivity contribution < 1.29 is 19.0 Å². The van der Waals surface area contributed by atoms with Crippen LogP contribution >= 0.6 is 0 Å². The van der Waals surface area contributed by atoms with Gasteiger partial charge in [-0.25, -0.2) is 0 Å². The number of morpholine rings is 1. The molecule has 6 nitrogen and oxygen atoms in total. The van der Waals surface area contributed by atoms with Gasteiger partial charge in [0.25, 0.3) is 5.91 Å². The van der Waals surface area contributed by atoms with Crippen LogP contribution in [0.15, 0.2) is 12.1 Å². The van der Waals surface area contributed by atoms with Gasteiger partial charge in [0.15, 0.2) is 0 Å². The highest BCUT2D eigenvalue weighted by Gasteiger charge is 2.28. The normalized spacial score (nSPS) is 22.0. The Morgan fingerprint density at radius 1 is 1.24 bits per heavy atom. The van der Waals surface area contributed by atoms with Crippen molar-refractivity contribution in [2.75, 3.05) is 33.0 Å². The second-order valence-electron chi connectivity index (χ2n) is 5.26. The molecule has 0 bridgehead atoms. The van der Waals surface area contributed by atoms with Crippen LogP contribution in [-0.4, -0.2) is 50.3 Å². The molecule has 0 radical (unpaired) electrons. The Bertz CT molecular complexity index is 523. The van der Waals surface area contributed by atoms with Crippen molar-refractivity contribution in [3.8, 4) is 11.5 Å². The van der Waals surface area contributed by atoms with Crippen LogP contribution < -0.4 is 15.2 Å². The molecule has 1 amide bonds. The molecule has 1 heterocycles. The fraction of sp³-hybridized carbons (Fsp3) is 0.533. The standard InChI is InChI=1S/C15H22N2O4/c1-9-7-17(8-10(2)21-9)15(18)12-5-11(19-3)6-13(20-4)14(12)16/h5-6,9-10H,7-8,16H2,1-4H3. The highest BCUT2D eigenvalue weighted by Crippen LogP contribution is 2.32. The van der Waals surface area contributed by atoms with Crippen LogP contribution in [0.1, 0.15) is 24.2 Å². The third-order valence-electron chi connectivity index (χ3n) is 3.51. The predicted molar refractivity (Wildman–Crippen MR) is 79.9 cm³/mol. The van der Waals surface area contributed by atoms with Gasteiger partial charge in [-0.3, -0.25) is 4.79 Å².